The molecule has 0 bridgehead atoms. The number of H-pyrrole nitrogens is 1. The number of rotatable bonds is 2. The molecule has 0 atom stereocenters. The van der Waals surface area contributed by atoms with Crippen molar-refractivity contribution in [3.05, 3.63) is 41.1 Å². The molecule has 0 unspecified atom stereocenters. The van der Waals surface area contributed by atoms with Gasteiger partial charge in [0.2, 0.25) is 0 Å². The number of benzene rings is 1. The number of hydrogen-bond donors (Lipinski definition) is 1. The van der Waals surface area contributed by atoms with Crippen LogP contribution < -0.4 is 0 Å². The number of aldehydes is 1. The van der Waals surface area contributed by atoms with E-state index in [0.717, 1.165) is 6.07 Å². The number of alkyl halides is 6. The van der Waals surface area contributed by atoms with Gasteiger partial charge in [-0.25, -0.2) is 0 Å². The standard InChI is InChI=1S/C12H6F6N2O/c13-11(14,15)7-1-6(2-8(3-7)12(16,17)18)10-4-9(5-21)19-20-10/h1-5H,(H,19,20). The average Bonchev–Trinajstić information content (AvgIpc) is 2.85. The van der Waals surface area contributed by atoms with E-state index in [9.17, 15) is 31.1 Å². The summed E-state index contributed by atoms with van der Waals surface area (Å²) in [4.78, 5) is 10.5. The molecule has 0 spiro atoms. The van der Waals surface area contributed by atoms with Gasteiger partial charge in [0.1, 0.15) is 0 Å². The molecule has 112 valence electrons. The summed E-state index contributed by atoms with van der Waals surface area (Å²) in [5.74, 6) is 0. The van der Waals surface area contributed by atoms with E-state index in [0.29, 0.717) is 18.4 Å². The fourth-order valence-electron chi connectivity index (χ4n) is 1.65. The van der Waals surface area contributed by atoms with E-state index in [1.807, 2.05) is 0 Å². The number of carbonyl (C=O) groups excluding carboxylic acids is 1. The normalized spacial score (nSPS) is 12.5. The lowest BCUT2D eigenvalue weighted by atomic mass is 10.0. The van der Waals surface area contributed by atoms with E-state index in [1.165, 1.54) is 0 Å². The van der Waals surface area contributed by atoms with E-state index < -0.39 is 23.5 Å². The Labute approximate surface area is 113 Å². The van der Waals surface area contributed by atoms with Crippen molar-refractivity contribution in [3.8, 4) is 11.3 Å². The minimum atomic E-state index is -4.93. The third kappa shape index (κ3) is 3.23. The SMILES string of the molecule is O=Cc1cc(-c2cc(C(F)(F)F)cc(C(F)(F)F)c2)n[nH]1. The van der Waals surface area contributed by atoms with Gasteiger partial charge in [-0.15, -0.1) is 0 Å². The van der Waals surface area contributed by atoms with Gasteiger partial charge in [-0.3, -0.25) is 9.89 Å². The molecular formula is C12H6F6N2O. The zero-order chi connectivity index (χ0) is 15.8. The monoisotopic (exact) mass is 308 g/mol. The Bertz CT molecular complexity index is 639. The van der Waals surface area contributed by atoms with Crippen molar-refractivity contribution >= 4 is 6.29 Å². The van der Waals surface area contributed by atoms with Gasteiger partial charge in [0, 0.05) is 5.56 Å². The van der Waals surface area contributed by atoms with E-state index in [-0.39, 0.29) is 23.0 Å². The summed E-state index contributed by atoms with van der Waals surface area (Å²) in [6.07, 6.45) is -9.52. The fourth-order valence-corrected chi connectivity index (χ4v) is 1.65. The van der Waals surface area contributed by atoms with Gasteiger partial charge < -0.3 is 0 Å². The topological polar surface area (TPSA) is 45.8 Å². The summed E-state index contributed by atoms with van der Waals surface area (Å²) in [6.45, 7) is 0. The van der Waals surface area contributed by atoms with Gasteiger partial charge >= 0.3 is 12.4 Å². The number of nitrogens with one attached hydrogen (secondary N) is 1. The average molecular weight is 308 g/mol. The molecule has 0 aliphatic carbocycles. The third-order valence-electron chi connectivity index (χ3n) is 2.61. The van der Waals surface area contributed by atoms with Crippen LogP contribution in [0.25, 0.3) is 11.3 Å². The lowest BCUT2D eigenvalue weighted by Gasteiger charge is -2.13. The van der Waals surface area contributed by atoms with Crippen LogP contribution in [-0.4, -0.2) is 16.5 Å². The minimum absolute atomic E-state index is 0.0246. The van der Waals surface area contributed by atoms with Crippen LogP contribution in [0.4, 0.5) is 26.3 Å². The maximum Gasteiger partial charge on any atom is 0.416 e. The molecule has 3 nitrogen and oxygen atoms in total. The second-order valence-corrected chi connectivity index (χ2v) is 4.12. The van der Waals surface area contributed by atoms with Crippen molar-refractivity contribution in [2.75, 3.05) is 0 Å². The molecule has 0 aliphatic heterocycles. The predicted octanol–water partition coefficient (Wildman–Crippen LogP) is 3.93. The molecule has 0 radical (unpaired) electrons. The Kier molecular flexibility index (Phi) is 3.52. The number of halogens is 6. The van der Waals surface area contributed by atoms with E-state index >= 15 is 0 Å². The van der Waals surface area contributed by atoms with E-state index in [1.54, 1.807) is 0 Å². The van der Waals surface area contributed by atoms with Crippen molar-refractivity contribution < 1.29 is 31.1 Å². The summed E-state index contributed by atoms with van der Waals surface area (Å²) in [5.41, 5.74) is -3.52. The molecule has 1 aromatic heterocycles. The van der Waals surface area contributed by atoms with Crippen molar-refractivity contribution in [1.29, 1.82) is 0 Å². The second kappa shape index (κ2) is 4.90. The Balaban J connectivity index is 2.62. The van der Waals surface area contributed by atoms with Crippen molar-refractivity contribution in [3.63, 3.8) is 0 Å². The molecule has 2 rings (SSSR count). The smallest absolute Gasteiger partial charge is 0.296 e. The van der Waals surface area contributed by atoms with Gasteiger partial charge in [0.05, 0.1) is 22.5 Å². The summed E-state index contributed by atoms with van der Waals surface area (Å²) in [6, 6.07) is 2.17. The van der Waals surface area contributed by atoms with Crippen LogP contribution in [0.3, 0.4) is 0 Å². The van der Waals surface area contributed by atoms with E-state index in [2.05, 4.69) is 10.2 Å². The minimum Gasteiger partial charge on any atom is -0.296 e. The lowest BCUT2D eigenvalue weighted by molar-refractivity contribution is -0.143. The van der Waals surface area contributed by atoms with Crippen LogP contribution in [0.5, 0.6) is 0 Å². The molecule has 0 aliphatic rings. The van der Waals surface area contributed by atoms with E-state index in [4.69, 9.17) is 0 Å². The van der Waals surface area contributed by atoms with Crippen LogP contribution >= 0.6 is 0 Å². The first-order valence-corrected chi connectivity index (χ1v) is 5.41. The summed E-state index contributed by atoms with van der Waals surface area (Å²) < 4.78 is 76.0. The van der Waals surface area contributed by atoms with Gasteiger partial charge in [-0.1, -0.05) is 0 Å². The Morgan fingerprint density at radius 3 is 1.81 bits per heavy atom. The summed E-state index contributed by atoms with van der Waals surface area (Å²) >= 11 is 0. The number of aromatic nitrogens is 2. The number of hydrogen-bond acceptors (Lipinski definition) is 2. The largest absolute Gasteiger partial charge is 0.416 e. The number of carbonyl (C=O) groups is 1. The molecule has 21 heavy (non-hydrogen) atoms. The molecule has 1 aromatic carbocycles. The third-order valence-corrected chi connectivity index (χ3v) is 2.61. The lowest BCUT2D eigenvalue weighted by Crippen LogP contribution is -2.11. The summed E-state index contributed by atoms with van der Waals surface area (Å²) in [7, 11) is 0. The van der Waals surface area contributed by atoms with Crippen molar-refractivity contribution in [2.24, 2.45) is 0 Å². The zero-order valence-corrected chi connectivity index (χ0v) is 10.0. The van der Waals surface area contributed by atoms with Gasteiger partial charge in [0.15, 0.2) is 6.29 Å². The molecule has 2 aromatic rings. The van der Waals surface area contributed by atoms with Crippen LogP contribution in [-0.2, 0) is 12.4 Å². The molecule has 9 heteroatoms. The van der Waals surface area contributed by atoms with Crippen molar-refractivity contribution in [1.82, 2.24) is 10.2 Å². The van der Waals surface area contributed by atoms with Gasteiger partial charge in [-0.05, 0) is 24.3 Å². The van der Waals surface area contributed by atoms with Crippen molar-refractivity contribution in [2.45, 2.75) is 12.4 Å². The zero-order valence-electron chi connectivity index (χ0n) is 10.0. The highest BCUT2D eigenvalue weighted by atomic mass is 19.4. The van der Waals surface area contributed by atoms with Crippen LogP contribution in [0.15, 0.2) is 24.3 Å². The molecular weight excluding hydrogens is 302 g/mol. The maximum atomic E-state index is 12.7. The maximum absolute atomic E-state index is 12.7. The molecule has 0 fully saturated rings. The predicted molar refractivity (Wildman–Crippen MR) is 59.4 cm³/mol. The van der Waals surface area contributed by atoms with Crippen LogP contribution in [0.1, 0.15) is 21.6 Å². The first-order valence-electron chi connectivity index (χ1n) is 5.41. The molecule has 1 heterocycles. The molecule has 0 amide bonds. The Morgan fingerprint density at radius 2 is 1.43 bits per heavy atom. The Morgan fingerprint density at radius 1 is 0.905 bits per heavy atom. The molecule has 0 saturated heterocycles. The first-order chi connectivity index (χ1) is 9.61. The highest BCUT2D eigenvalue weighted by Gasteiger charge is 2.37. The van der Waals surface area contributed by atoms with Gasteiger partial charge in [-0.2, -0.15) is 31.4 Å². The molecule has 0 saturated carbocycles. The Hall–Kier alpha value is -2.32. The van der Waals surface area contributed by atoms with Crippen LogP contribution in [0.2, 0.25) is 0 Å². The quantitative estimate of drug-likeness (QED) is 0.675. The fraction of sp³-hybridized carbons (Fsp3) is 0.167. The number of aromatic amines is 1. The highest BCUT2D eigenvalue weighted by molar-refractivity contribution is 5.75. The summed E-state index contributed by atoms with van der Waals surface area (Å²) in [5, 5.41) is 5.70. The highest BCUT2D eigenvalue weighted by Crippen LogP contribution is 2.38. The number of nitrogens with zero attached hydrogens (tertiary/aromatic N) is 1. The second-order valence-electron chi connectivity index (χ2n) is 4.12. The molecule has 1 N–H and O–H groups in total. The van der Waals surface area contributed by atoms with Gasteiger partial charge in [0.25, 0.3) is 0 Å². The van der Waals surface area contributed by atoms with Crippen LogP contribution in [0, 0.1) is 0 Å². The first kappa shape index (κ1) is 15.1.